The van der Waals surface area contributed by atoms with E-state index < -0.39 is 12.7 Å². The van der Waals surface area contributed by atoms with Gasteiger partial charge in [-0.1, -0.05) is 13.8 Å². The summed E-state index contributed by atoms with van der Waals surface area (Å²) in [5, 5.41) is 7.71. The summed E-state index contributed by atoms with van der Waals surface area (Å²) in [5.41, 5.74) is 6.72. The van der Waals surface area contributed by atoms with E-state index in [9.17, 15) is 13.2 Å². The van der Waals surface area contributed by atoms with Crippen molar-refractivity contribution in [3.63, 3.8) is 0 Å². The molecule has 0 saturated heterocycles. The Morgan fingerprint density at radius 1 is 1.11 bits per heavy atom. The number of hydrogen-bond donors (Lipinski definition) is 1. The molecule has 5 nitrogen and oxygen atoms in total. The number of hydrogen-bond acceptors (Lipinski definition) is 5. The molecule has 0 aliphatic rings. The van der Waals surface area contributed by atoms with Gasteiger partial charge in [-0.15, -0.1) is 5.10 Å². The molecule has 0 atom stereocenters. The van der Waals surface area contributed by atoms with Crippen molar-refractivity contribution < 1.29 is 13.2 Å². The summed E-state index contributed by atoms with van der Waals surface area (Å²) in [5.74, 6) is -0.0168. The van der Waals surface area contributed by atoms with Crippen LogP contribution in [0.1, 0.15) is 25.2 Å². The quantitative estimate of drug-likeness (QED) is 0.849. The van der Waals surface area contributed by atoms with Crippen molar-refractivity contribution in [2.24, 2.45) is 5.73 Å². The molecule has 19 heavy (non-hydrogen) atoms. The number of alkyl halides is 3. The first kappa shape index (κ1) is 15.6. The third kappa shape index (κ3) is 4.62. The minimum absolute atomic E-state index is 0.0168. The second kappa shape index (κ2) is 6.65. The van der Waals surface area contributed by atoms with E-state index in [1.54, 1.807) is 0 Å². The zero-order valence-electron chi connectivity index (χ0n) is 11.0. The molecule has 2 N–H and O–H groups in total. The van der Waals surface area contributed by atoms with E-state index >= 15 is 0 Å². The average Bonchev–Trinajstić information content (AvgIpc) is 2.36. The molecular formula is C11H18F3N5. The van der Waals surface area contributed by atoms with Gasteiger partial charge < -0.3 is 10.6 Å². The van der Waals surface area contributed by atoms with Crippen molar-refractivity contribution in [3.05, 3.63) is 11.4 Å². The summed E-state index contributed by atoms with van der Waals surface area (Å²) < 4.78 is 37.5. The SMILES string of the molecule is CCc1nnc(N(CCN)CC(F)(F)F)nc1CC. The third-order valence-electron chi connectivity index (χ3n) is 2.55. The highest BCUT2D eigenvalue weighted by molar-refractivity contribution is 5.30. The van der Waals surface area contributed by atoms with Crippen LogP contribution in [0.15, 0.2) is 0 Å². The first-order valence-corrected chi connectivity index (χ1v) is 6.15. The van der Waals surface area contributed by atoms with Crippen LogP contribution in [0, 0.1) is 0 Å². The molecule has 0 saturated carbocycles. The first-order valence-electron chi connectivity index (χ1n) is 6.15. The maximum Gasteiger partial charge on any atom is 0.406 e. The maximum atomic E-state index is 12.5. The van der Waals surface area contributed by atoms with Crippen LogP contribution in [0.3, 0.4) is 0 Å². The molecule has 1 aromatic heterocycles. The highest BCUT2D eigenvalue weighted by atomic mass is 19.4. The summed E-state index contributed by atoms with van der Waals surface area (Å²) in [4.78, 5) is 5.17. The lowest BCUT2D eigenvalue weighted by Crippen LogP contribution is -2.39. The summed E-state index contributed by atoms with van der Waals surface area (Å²) in [6.07, 6.45) is -3.07. The summed E-state index contributed by atoms with van der Waals surface area (Å²) >= 11 is 0. The largest absolute Gasteiger partial charge is 0.406 e. The number of aromatic nitrogens is 3. The van der Waals surface area contributed by atoms with Crippen LogP contribution in [0.25, 0.3) is 0 Å². The Hall–Kier alpha value is -1.44. The number of halogens is 3. The van der Waals surface area contributed by atoms with Gasteiger partial charge in [0.1, 0.15) is 6.54 Å². The zero-order valence-corrected chi connectivity index (χ0v) is 11.0. The molecule has 0 amide bonds. The van der Waals surface area contributed by atoms with Crippen molar-refractivity contribution in [1.29, 1.82) is 0 Å². The van der Waals surface area contributed by atoms with E-state index in [4.69, 9.17) is 5.73 Å². The first-order chi connectivity index (χ1) is 8.91. The minimum Gasteiger partial charge on any atom is -0.329 e. The van der Waals surface area contributed by atoms with Gasteiger partial charge in [-0.3, -0.25) is 0 Å². The number of aryl methyl sites for hydroxylation is 2. The van der Waals surface area contributed by atoms with E-state index in [2.05, 4.69) is 15.2 Å². The molecule has 0 bridgehead atoms. The molecule has 0 unspecified atom stereocenters. The topological polar surface area (TPSA) is 67.9 Å². The second-order valence-corrected chi connectivity index (χ2v) is 4.04. The van der Waals surface area contributed by atoms with Crippen molar-refractivity contribution in [3.8, 4) is 0 Å². The molecule has 0 radical (unpaired) electrons. The lowest BCUT2D eigenvalue weighted by atomic mass is 10.2. The van der Waals surface area contributed by atoms with E-state index in [1.807, 2.05) is 13.8 Å². The Morgan fingerprint density at radius 2 is 1.74 bits per heavy atom. The van der Waals surface area contributed by atoms with Crippen molar-refractivity contribution >= 4 is 5.95 Å². The Kier molecular flexibility index (Phi) is 5.46. The highest BCUT2D eigenvalue weighted by Crippen LogP contribution is 2.19. The van der Waals surface area contributed by atoms with Gasteiger partial charge in [0, 0.05) is 13.1 Å². The van der Waals surface area contributed by atoms with Gasteiger partial charge in [-0.2, -0.15) is 18.3 Å². The van der Waals surface area contributed by atoms with Crippen LogP contribution >= 0.6 is 0 Å². The molecule has 1 aromatic rings. The molecule has 0 spiro atoms. The number of nitrogens with zero attached hydrogens (tertiary/aromatic N) is 4. The van der Waals surface area contributed by atoms with Crippen LogP contribution in [0.4, 0.5) is 19.1 Å². The van der Waals surface area contributed by atoms with Gasteiger partial charge in [0.25, 0.3) is 0 Å². The Labute approximate surface area is 110 Å². The smallest absolute Gasteiger partial charge is 0.329 e. The van der Waals surface area contributed by atoms with Gasteiger partial charge in [-0.05, 0) is 12.8 Å². The second-order valence-electron chi connectivity index (χ2n) is 4.04. The van der Waals surface area contributed by atoms with E-state index in [0.29, 0.717) is 24.2 Å². The van der Waals surface area contributed by atoms with Crippen LogP contribution in [0.5, 0.6) is 0 Å². The molecule has 1 rings (SSSR count). The molecule has 0 fully saturated rings. The summed E-state index contributed by atoms with van der Waals surface area (Å²) in [6, 6.07) is 0. The average molecular weight is 277 g/mol. The normalized spacial score (nSPS) is 11.7. The molecular weight excluding hydrogens is 259 g/mol. The van der Waals surface area contributed by atoms with E-state index in [0.717, 1.165) is 4.90 Å². The summed E-state index contributed by atoms with van der Waals surface area (Å²) in [7, 11) is 0. The molecule has 1 heterocycles. The molecule has 0 aliphatic carbocycles. The lowest BCUT2D eigenvalue weighted by Gasteiger charge is -2.23. The fourth-order valence-corrected chi connectivity index (χ4v) is 1.68. The monoisotopic (exact) mass is 277 g/mol. The van der Waals surface area contributed by atoms with Gasteiger partial charge in [-0.25, -0.2) is 4.98 Å². The van der Waals surface area contributed by atoms with Crippen LogP contribution in [-0.2, 0) is 12.8 Å². The number of rotatable bonds is 6. The van der Waals surface area contributed by atoms with Crippen molar-refractivity contribution in [2.75, 3.05) is 24.5 Å². The maximum absolute atomic E-state index is 12.5. The number of anilines is 1. The van der Waals surface area contributed by atoms with Crippen molar-refractivity contribution in [1.82, 2.24) is 15.2 Å². The van der Waals surface area contributed by atoms with Gasteiger partial charge >= 0.3 is 6.18 Å². The zero-order chi connectivity index (χ0) is 14.5. The van der Waals surface area contributed by atoms with Gasteiger partial charge in [0.05, 0.1) is 11.4 Å². The predicted molar refractivity (Wildman–Crippen MR) is 65.9 cm³/mol. The van der Waals surface area contributed by atoms with Gasteiger partial charge in [0.15, 0.2) is 0 Å². The highest BCUT2D eigenvalue weighted by Gasteiger charge is 2.32. The van der Waals surface area contributed by atoms with Crippen molar-refractivity contribution in [2.45, 2.75) is 32.9 Å². The lowest BCUT2D eigenvalue weighted by molar-refractivity contribution is -0.119. The Balaban J connectivity index is 3.02. The molecule has 108 valence electrons. The minimum atomic E-state index is -4.33. The Bertz CT molecular complexity index is 408. The van der Waals surface area contributed by atoms with Gasteiger partial charge in [0.2, 0.25) is 5.95 Å². The van der Waals surface area contributed by atoms with E-state index in [-0.39, 0.29) is 19.0 Å². The van der Waals surface area contributed by atoms with Crippen LogP contribution < -0.4 is 10.6 Å². The van der Waals surface area contributed by atoms with E-state index in [1.165, 1.54) is 0 Å². The Morgan fingerprint density at radius 3 is 2.21 bits per heavy atom. The predicted octanol–water partition coefficient (Wildman–Crippen LogP) is 1.32. The fraction of sp³-hybridized carbons (Fsp3) is 0.727. The van der Waals surface area contributed by atoms with Crippen LogP contribution in [0.2, 0.25) is 0 Å². The standard InChI is InChI=1S/C11H18F3N5/c1-3-8-9(4-2)17-18-10(16-8)19(6-5-15)7-11(12,13)14/h3-7,15H2,1-2H3. The molecule has 0 aliphatic heterocycles. The molecule has 8 heteroatoms. The number of nitrogens with two attached hydrogens (primary N) is 1. The van der Waals surface area contributed by atoms with Crippen LogP contribution in [-0.4, -0.2) is 41.0 Å². The molecule has 0 aromatic carbocycles. The third-order valence-corrected chi connectivity index (χ3v) is 2.55. The summed E-state index contributed by atoms with van der Waals surface area (Å²) in [6.45, 7) is 2.79. The fourth-order valence-electron chi connectivity index (χ4n) is 1.68.